The second-order valence-corrected chi connectivity index (χ2v) is 5.59. The fourth-order valence-electron chi connectivity index (χ4n) is 2.39. The molecule has 3 rings (SSSR count). The van der Waals surface area contributed by atoms with Gasteiger partial charge in [-0.15, -0.1) is 0 Å². The van der Waals surface area contributed by atoms with Gasteiger partial charge in [-0.1, -0.05) is 24.6 Å². The Kier molecular flexibility index (Phi) is 4.78. The summed E-state index contributed by atoms with van der Waals surface area (Å²) >= 11 is 6.04. The summed E-state index contributed by atoms with van der Waals surface area (Å²) < 4.78 is 7.48. The third-order valence-electron chi connectivity index (χ3n) is 3.62. The molecule has 0 atom stereocenters. The minimum absolute atomic E-state index is 0.407. The van der Waals surface area contributed by atoms with Crippen LogP contribution in [0.4, 0.5) is 0 Å². The molecule has 24 heavy (non-hydrogen) atoms. The second-order valence-electron chi connectivity index (χ2n) is 5.15. The van der Waals surface area contributed by atoms with Gasteiger partial charge in [-0.25, -0.2) is 4.98 Å². The number of benzene rings is 1. The summed E-state index contributed by atoms with van der Waals surface area (Å²) in [5, 5.41) is 14.0. The van der Waals surface area contributed by atoms with E-state index in [1.807, 2.05) is 18.2 Å². The minimum atomic E-state index is 0.407. The summed E-state index contributed by atoms with van der Waals surface area (Å²) in [4.78, 5) is 4.24. The smallest absolute Gasteiger partial charge is 0.218 e. The molecule has 0 aliphatic heterocycles. The van der Waals surface area contributed by atoms with E-state index in [1.54, 1.807) is 35.3 Å². The Morgan fingerprint density at radius 1 is 1.17 bits per heavy atom. The van der Waals surface area contributed by atoms with Gasteiger partial charge in [-0.05, 0) is 35.7 Å². The van der Waals surface area contributed by atoms with Crippen molar-refractivity contribution < 1.29 is 4.74 Å². The zero-order valence-electron chi connectivity index (χ0n) is 13.1. The molecule has 0 spiro atoms. The van der Waals surface area contributed by atoms with Gasteiger partial charge in [0.15, 0.2) is 5.82 Å². The lowest BCUT2D eigenvalue weighted by Gasteiger charge is -2.11. The van der Waals surface area contributed by atoms with E-state index in [-0.39, 0.29) is 0 Å². The van der Waals surface area contributed by atoms with Crippen LogP contribution in [0, 0.1) is 11.3 Å². The fourth-order valence-corrected chi connectivity index (χ4v) is 2.59. The summed E-state index contributed by atoms with van der Waals surface area (Å²) in [6, 6.07) is 13.0. The fraction of sp³-hybridized carbons (Fsp3) is 0.167. The Hall–Kier alpha value is -2.84. The van der Waals surface area contributed by atoms with Crippen molar-refractivity contribution in [3.63, 3.8) is 0 Å². The average Bonchev–Trinajstić information content (AvgIpc) is 3.09. The molecule has 0 amide bonds. The first-order valence-electron chi connectivity index (χ1n) is 7.52. The first-order valence-corrected chi connectivity index (χ1v) is 7.89. The molecule has 0 aliphatic rings. The molecule has 3 aromatic rings. The lowest BCUT2D eigenvalue weighted by molar-refractivity contribution is 0.283. The number of nitriles is 1. The predicted octanol–water partition coefficient (Wildman–Crippen LogP) is 3.93. The molecule has 0 bridgehead atoms. The zero-order chi connectivity index (χ0) is 16.9. The zero-order valence-corrected chi connectivity index (χ0v) is 13.9. The normalized spacial score (nSPS) is 10.4. The number of hydrogen-bond donors (Lipinski definition) is 0. The average molecular weight is 339 g/mol. The van der Waals surface area contributed by atoms with Crippen LogP contribution in [0.25, 0.3) is 5.82 Å². The maximum atomic E-state index is 9.01. The topological polar surface area (TPSA) is 63.7 Å². The lowest BCUT2D eigenvalue weighted by atomic mass is 10.1. The van der Waals surface area contributed by atoms with Crippen LogP contribution in [0.3, 0.4) is 0 Å². The molecule has 1 aromatic carbocycles. The van der Waals surface area contributed by atoms with Crippen molar-refractivity contribution in [3.8, 4) is 17.8 Å². The summed E-state index contributed by atoms with van der Waals surface area (Å²) in [5.74, 6) is 1.11. The number of pyridine rings is 1. The quantitative estimate of drug-likeness (QED) is 0.707. The van der Waals surface area contributed by atoms with Crippen LogP contribution in [0.2, 0.25) is 5.02 Å². The number of aryl methyl sites for hydroxylation is 1. The summed E-state index contributed by atoms with van der Waals surface area (Å²) in [5.41, 5.74) is 2.75. The van der Waals surface area contributed by atoms with E-state index >= 15 is 0 Å². The first-order chi connectivity index (χ1) is 11.7. The maximum Gasteiger partial charge on any atom is 0.218 e. The van der Waals surface area contributed by atoms with Gasteiger partial charge in [-0.3, -0.25) is 0 Å². The number of rotatable bonds is 5. The van der Waals surface area contributed by atoms with Crippen LogP contribution in [-0.2, 0) is 13.0 Å². The van der Waals surface area contributed by atoms with Gasteiger partial charge >= 0.3 is 0 Å². The molecule has 0 fully saturated rings. The van der Waals surface area contributed by atoms with Gasteiger partial charge in [0, 0.05) is 23.4 Å². The third-order valence-corrected chi connectivity index (χ3v) is 3.86. The molecule has 0 unspecified atom stereocenters. The Labute approximate surface area is 145 Å². The number of halogens is 1. The largest absolute Gasteiger partial charge is 0.473 e. The van der Waals surface area contributed by atoms with Crippen LogP contribution in [0.1, 0.15) is 23.6 Å². The van der Waals surface area contributed by atoms with E-state index in [0.29, 0.717) is 23.9 Å². The minimum Gasteiger partial charge on any atom is -0.473 e. The Morgan fingerprint density at radius 2 is 2.04 bits per heavy atom. The number of ether oxygens (including phenoxy) is 1. The predicted molar refractivity (Wildman–Crippen MR) is 91.2 cm³/mol. The molecule has 0 saturated carbocycles. The Morgan fingerprint density at radius 3 is 2.83 bits per heavy atom. The number of nitrogens with zero attached hydrogens (tertiary/aromatic N) is 4. The lowest BCUT2D eigenvalue weighted by Crippen LogP contribution is -2.06. The van der Waals surface area contributed by atoms with Crippen molar-refractivity contribution in [3.05, 3.63) is 70.5 Å². The molecule has 0 radical (unpaired) electrons. The summed E-state index contributed by atoms with van der Waals surface area (Å²) in [6.45, 7) is 2.49. The molecule has 0 saturated heterocycles. The Bertz CT molecular complexity index is 898. The third kappa shape index (κ3) is 3.39. The van der Waals surface area contributed by atoms with Crippen molar-refractivity contribution in [2.24, 2.45) is 0 Å². The van der Waals surface area contributed by atoms with Crippen LogP contribution in [-0.4, -0.2) is 14.8 Å². The standard InChI is InChI=1S/C18H15ClN4O/c1-2-14-10-16(19)4-3-15(14)12-24-18-6-8-22-23(18)17-9-13(11-20)5-7-21-17/h3-10H,2,12H2,1H3. The van der Waals surface area contributed by atoms with Crippen LogP contribution in [0.15, 0.2) is 48.8 Å². The molecule has 5 nitrogen and oxygen atoms in total. The van der Waals surface area contributed by atoms with Crippen molar-refractivity contribution in [1.82, 2.24) is 14.8 Å². The van der Waals surface area contributed by atoms with Crippen LogP contribution < -0.4 is 4.74 Å². The highest BCUT2D eigenvalue weighted by Gasteiger charge is 2.10. The van der Waals surface area contributed by atoms with Crippen molar-refractivity contribution in [1.29, 1.82) is 5.26 Å². The molecular formula is C18H15ClN4O. The van der Waals surface area contributed by atoms with E-state index in [0.717, 1.165) is 22.6 Å². The second kappa shape index (κ2) is 7.16. The van der Waals surface area contributed by atoms with Crippen molar-refractivity contribution in [2.45, 2.75) is 20.0 Å². The van der Waals surface area contributed by atoms with E-state index in [9.17, 15) is 0 Å². The summed E-state index contributed by atoms with van der Waals surface area (Å²) in [7, 11) is 0. The van der Waals surface area contributed by atoms with Gasteiger partial charge < -0.3 is 4.74 Å². The maximum absolute atomic E-state index is 9.01. The highest BCUT2D eigenvalue weighted by molar-refractivity contribution is 6.30. The van der Waals surface area contributed by atoms with E-state index in [2.05, 4.69) is 23.1 Å². The van der Waals surface area contributed by atoms with Gasteiger partial charge in [0.05, 0.1) is 17.8 Å². The molecule has 0 aliphatic carbocycles. The van der Waals surface area contributed by atoms with Gasteiger partial charge in [0.2, 0.25) is 5.88 Å². The SMILES string of the molecule is CCc1cc(Cl)ccc1COc1ccnn1-c1cc(C#N)ccn1. The molecule has 2 heterocycles. The van der Waals surface area contributed by atoms with Gasteiger partial charge in [0.25, 0.3) is 0 Å². The van der Waals surface area contributed by atoms with E-state index in [1.165, 1.54) is 0 Å². The first kappa shape index (κ1) is 16.0. The van der Waals surface area contributed by atoms with E-state index in [4.69, 9.17) is 21.6 Å². The Balaban J connectivity index is 1.83. The molecular weight excluding hydrogens is 324 g/mol. The molecule has 6 heteroatoms. The van der Waals surface area contributed by atoms with Crippen LogP contribution >= 0.6 is 11.6 Å². The summed E-state index contributed by atoms with van der Waals surface area (Å²) in [6.07, 6.45) is 4.09. The van der Waals surface area contributed by atoms with E-state index < -0.39 is 0 Å². The van der Waals surface area contributed by atoms with Crippen LogP contribution in [0.5, 0.6) is 5.88 Å². The monoisotopic (exact) mass is 338 g/mol. The number of hydrogen-bond acceptors (Lipinski definition) is 4. The highest BCUT2D eigenvalue weighted by Crippen LogP contribution is 2.21. The van der Waals surface area contributed by atoms with Gasteiger partial charge in [0.1, 0.15) is 6.61 Å². The molecule has 2 aromatic heterocycles. The number of aromatic nitrogens is 3. The van der Waals surface area contributed by atoms with Crippen molar-refractivity contribution >= 4 is 11.6 Å². The molecule has 0 N–H and O–H groups in total. The van der Waals surface area contributed by atoms with Crippen molar-refractivity contribution in [2.75, 3.05) is 0 Å². The van der Waals surface area contributed by atoms with Gasteiger partial charge in [-0.2, -0.15) is 15.0 Å². The molecule has 120 valence electrons. The highest BCUT2D eigenvalue weighted by atomic mass is 35.5.